The number of hydrogen-bond donors (Lipinski definition) is 5. The number of sulfonamides is 1. The molecule has 0 spiro atoms. The zero-order chi connectivity index (χ0) is 27.5. The molecular weight excluding hydrogens is 506 g/mol. The smallest absolute Gasteiger partial charge is 0.323 e. The van der Waals surface area contributed by atoms with Crippen molar-refractivity contribution in [3.8, 4) is 11.1 Å². The van der Waals surface area contributed by atoms with Crippen LogP contribution in [0.25, 0.3) is 11.1 Å². The first-order valence-electron chi connectivity index (χ1n) is 12.0. The molecule has 0 radical (unpaired) electrons. The zero-order valence-electron chi connectivity index (χ0n) is 20.6. The molecule has 0 saturated heterocycles. The van der Waals surface area contributed by atoms with Gasteiger partial charge >= 0.3 is 5.97 Å². The molecule has 1 aliphatic carbocycles. The summed E-state index contributed by atoms with van der Waals surface area (Å²) >= 11 is 0. The van der Waals surface area contributed by atoms with Crippen molar-refractivity contribution in [1.29, 1.82) is 5.41 Å². The number of aliphatic carboxylic acids is 1. The number of amidine groups is 1. The first-order chi connectivity index (χ1) is 18.0. The van der Waals surface area contributed by atoms with Crippen LogP contribution in [-0.2, 0) is 19.6 Å². The largest absolute Gasteiger partial charge is 0.480 e. The van der Waals surface area contributed by atoms with E-state index in [4.69, 9.17) is 16.3 Å². The van der Waals surface area contributed by atoms with E-state index in [1.807, 2.05) is 0 Å². The molecule has 4 rings (SSSR count). The number of carbonyl (C=O) groups excluding carboxylic acids is 1. The second-order valence-corrected chi connectivity index (χ2v) is 10.8. The number of nitrogens with zero attached hydrogens (tertiary/aromatic N) is 1. The quantitative estimate of drug-likeness (QED) is 0.206. The van der Waals surface area contributed by atoms with Crippen molar-refractivity contribution in [3.05, 3.63) is 78.4 Å². The van der Waals surface area contributed by atoms with Gasteiger partial charge in [-0.3, -0.25) is 19.9 Å². The van der Waals surface area contributed by atoms with Crippen LogP contribution in [0.1, 0.15) is 31.2 Å². The molecule has 38 heavy (non-hydrogen) atoms. The molecule has 1 aliphatic rings. The number of amides is 1. The molecule has 10 nitrogen and oxygen atoms in total. The van der Waals surface area contributed by atoms with Crippen molar-refractivity contribution in [2.75, 3.05) is 16.8 Å². The molecule has 0 aliphatic heterocycles. The van der Waals surface area contributed by atoms with Crippen molar-refractivity contribution < 1.29 is 23.1 Å². The topological polar surface area (TPSA) is 180 Å². The van der Waals surface area contributed by atoms with Crippen LogP contribution in [0.5, 0.6) is 0 Å². The molecule has 0 aromatic heterocycles. The third kappa shape index (κ3) is 5.68. The lowest BCUT2D eigenvalue weighted by Crippen LogP contribution is -2.54. The Morgan fingerprint density at radius 2 is 1.66 bits per heavy atom. The summed E-state index contributed by atoms with van der Waals surface area (Å²) in [5.74, 6) is -1.66. The van der Waals surface area contributed by atoms with Crippen LogP contribution in [0, 0.1) is 5.41 Å². The standard InChI is InChI=1S/C27H29N5O5S/c28-25(29)19-6-5-7-20(16-19)31-27(14-3-4-15-27)26(35)32(17-24(33)34)21-12-10-18(11-13-21)22-8-1-2-9-23(22)38(30,36)37/h1-2,5-13,16,31H,3-4,14-15,17H2,(H3,28,29)(H,33,34)(H2,30,36,37). The minimum Gasteiger partial charge on any atom is -0.480 e. The molecule has 0 unspecified atom stereocenters. The number of carbonyl (C=O) groups is 2. The Balaban J connectivity index is 1.69. The first-order valence-corrected chi connectivity index (χ1v) is 13.5. The van der Waals surface area contributed by atoms with Crippen molar-refractivity contribution >= 4 is 39.1 Å². The monoisotopic (exact) mass is 535 g/mol. The van der Waals surface area contributed by atoms with Gasteiger partial charge in [0.25, 0.3) is 5.91 Å². The van der Waals surface area contributed by atoms with Crippen molar-refractivity contribution in [2.24, 2.45) is 10.9 Å². The number of nitrogens with one attached hydrogen (secondary N) is 2. The normalized spacial score (nSPS) is 14.6. The molecule has 0 heterocycles. The Hall–Kier alpha value is -4.22. The number of rotatable bonds is 9. The summed E-state index contributed by atoms with van der Waals surface area (Å²) in [5.41, 5.74) is 7.02. The Kier molecular flexibility index (Phi) is 7.51. The highest BCUT2D eigenvalue weighted by Crippen LogP contribution is 2.37. The van der Waals surface area contributed by atoms with E-state index in [1.165, 1.54) is 11.0 Å². The third-order valence-electron chi connectivity index (χ3n) is 6.65. The van der Waals surface area contributed by atoms with Gasteiger partial charge in [-0.25, -0.2) is 13.6 Å². The molecule has 0 atom stereocenters. The Labute approximate surface area is 220 Å². The average Bonchev–Trinajstić information content (AvgIpc) is 3.36. The fourth-order valence-electron chi connectivity index (χ4n) is 4.86. The first kappa shape index (κ1) is 26.8. The number of benzene rings is 3. The zero-order valence-corrected chi connectivity index (χ0v) is 21.4. The van der Waals surface area contributed by atoms with Crippen LogP contribution >= 0.6 is 0 Å². The van der Waals surface area contributed by atoms with Crippen molar-refractivity contribution in [3.63, 3.8) is 0 Å². The fraction of sp³-hybridized carbons (Fsp3) is 0.222. The van der Waals surface area contributed by atoms with Gasteiger partial charge in [0.2, 0.25) is 10.0 Å². The van der Waals surface area contributed by atoms with E-state index in [9.17, 15) is 23.1 Å². The lowest BCUT2D eigenvalue weighted by molar-refractivity contribution is -0.137. The Morgan fingerprint density at radius 3 is 2.26 bits per heavy atom. The van der Waals surface area contributed by atoms with Gasteiger partial charge in [-0.15, -0.1) is 0 Å². The van der Waals surface area contributed by atoms with E-state index < -0.39 is 28.1 Å². The van der Waals surface area contributed by atoms with Crippen LogP contribution in [-0.4, -0.2) is 43.3 Å². The second-order valence-electron chi connectivity index (χ2n) is 9.28. The third-order valence-corrected chi connectivity index (χ3v) is 7.61. The van der Waals surface area contributed by atoms with E-state index in [0.29, 0.717) is 40.9 Å². The Bertz CT molecular complexity index is 1480. The van der Waals surface area contributed by atoms with Crippen LogP contribution in [0.15, 0.2) is 77.7 Å². The van der Waals surface area contributed by atoms with Gasteiger partial charge in [0.05, 0.1) is 4.90 Å². The summed E-state index contributed by atoms with van der Waals surface area (Å²) in [6, 6.07) is 19.6. The number of nitrogen functional groups attached to an aromatic ring is 1. The van der Waals surface area contributed by atoms with E-state index in [0.717, 1.165) is 12.8 Å². The molecule has 3 aromatic rings. The Morgan fingerprint density at radius 1 is 1.00 bits per heavy atom. The van der Waals surface area contributed by atoms with Gasteiger partial charge in [0, 0.05) is 22.5 Å². The number of carboxylic acid groups (broad SMARTS) is 1. The van der Waals surface area contributed by atoms with Gasteiger partial charge in [0.1, 0.15) is 17.9 Å². The molecule has 1 fully saturated rings. The maximum Gasteiger partial charge on any atom is 0.323 e. The van der Waals surface area contributed by atoms with Gasteiger partial charge in [-0.1, -0.05) is 55.3 Å². The predicted molar refractivity (Wildman–Crippen MR) is 146 cm³/mol. The highest BCUT2D eigenvalue weighted by atomic mass is 32.2. The van der Waals surface area contributed by atoms with Crippen molar-refractivity contribution in [2.45, 2.75) is 36.1 Å². The SMILES string of the molecule is N=C(N)c1cccc(NC2(C(=O)N(CC(=O)O)c3ccc(-c4ccccc4S(N)(=O)=O)cc3)CCCC2)c1. The molecule has 1 saturated carbocycles. The molecule has 1 amide bonds. The van der Waals surface area contributed by atoms with E-state index in [1.54, 1.807) is 66.7 Å². The number of anilines is 2. The fourth-order valence-corrected chi connectivity index (χ4v) is 5.62. The predicted octanol–water partition coefficient (Wildman–Crippen LogP) is 3.13. The van der Waals surface area contributed by atoms with Gasteiger partial charge in [-0.05, 0) is 48.7 Å². The number of hydrogen-bond acceptors (Lipinski definition) is 6. The molecular formula is C27H29N5O5S. The maximum atomic E-state index is 14.0. The van der Waals surface area contributed by atoms with Crippen molar-refractivity contribution in [1.82, 2.24) is 0 Å². The van der Waals surface area contributed by atoms with E-state index >= 15 is 0 Å². The van der Waals surface area contributed by atoms with E-state index in [-0.39, 0.29) is 16.6 Å². The molecule has 7 N–H and O–H groups in total. The number of carboxylic acids is 1. The van der Waals surface area contributed by atoms with E-state index in [2.05, 4.69) is 5.32 Å². The summed E-state index contributed by atoms with van der Waals surface area (Å²) in [7, 11) is -3.97. The minimum absolute atomic E-state index is 0.0341. The summed E-state index contributed by atoms with van der Waals surface area (Å²) in [6.45, 7) is -0.553. The average molecular weight is 536 g/mol. The summed E-state index contributed by atoms with van der Waals surface area (Å²) in [5, 5.41) is 26.0. The molecule has 3 aromatic carbocycles. The van der Waals surface area contributed by atoms with Crippen LogP contribution < -0.4 is 21.1 Å². The number of nitrogens with two attached hydrogens (primary N) is 2. The number of primary sulfonamides is 1. The summed E-state index contributed by atoms with van der Waals surface area (Å²) in [4.78, 5) is 27.0. The lowest BCUT2D eigenvalue weighted by atomic mass is 9.94. The molecule has 11 heteroatoms. The minimum atomic E-state index is -3.97. The van der Waals surface area contributed by atoms with Gasteiger partial charge < -0.3 is 16.2 Å². The van der Waals surface area contributed by atoms with Crippen LogP contribution in [0.4, 0.5) is 11.4 Å². The van der Waals surface area contributed by atoms with Crippen LogP contribution in [0.2, 0.25) is 0 Å². The second kappa shape index (κ2) is 10.6. The van der Waals surface area contributed by atoms with Gasteiger partial charge in [-0.2, -0.15) is 0 Å². The lowest BCUT2D eigenvalue weighted by Gasteiger charge is -2.35. The summed E-state index contributed by atoms with van der Waals surface area (Å²) in [6.07, 6.45) is 2.59. The molecule has 198 valence electrons. The van der Waals surface area contributed by atoms with Crippen LogP contribution in [0.3, 0.4) is 0 Å². The highest BCUT2D eigenvalue weighted by Gasteiger charge is 2.44. The summed E-state index contributed by atoms with van der Waals surface area (Å²) < 4.78 is 24.1. The highest BCUT2D eigenvalue weighted by molar-refractivity contribution is 7.89. The van der Waals surface area contributed by atoms with Gasteiger partial charge in [0.15, 0.2) is 0 Å². The maximum absolute atomic E-state index is 14.0. The molecule has 0 bridgehead atoms.